The van der Waals surface area contributed by atoms with E-state index in [2.05, 4.69) is 41.9 Å². The molecule has 1 atom stereocenters. The molecular formula is C26H47N3O4. The molecule has 0 aliphatic rings. The molecule has 0 saturated carbocycles. The number of amides is 3. The van der Waals surface area contributed by atoms with Crippen LogP contribution in [0.4, 0.5) is 4.79 Å². The number of aliphatic carboxylic acids is 1. The van der Waals surface area contributed by atoms with Crippen LogP contribution in [0.1, 0.15) is 110 Å². The zero-order chi connectivity index (χ0) is 24.6. The molecule has 5 N–H and O–H groups in total. The fraction of sp³-hybridized carbons (Fsp3) is 0.731. The van der Waals surface area contributed by atoms with Crippen LogP contribution in [0.5, 0.6) is 0 Å². The number of allylic oxidation sites excluding steroid dienone is 4. The van der Waals surface area contributed by atoms with E-state index in [1.54, 1.807) is 0 Å². The molecule has 0 heterocycles. The monoisotopic (exact) mass is 465 g/mol. The summed E-state index contributed by atoms with van der Waals surface area (Å²) in [6.07, 6.45) is 25.2. The van der Waals surface area contributed by atoms with Gasteiger partial charge in [0.1, 0.15) is 6.04 Å². The molecule has 0 radical (unpaired) electrons. The lowest BCUT2D eigenvalue weighted by Crippen LogP contribution is -2.41. The van der Waals surface area contributed by atoms with Crippen LogP contribution in [-0.4, -0.2) is 35.6 Å². The Morgan fingerprint density at radius 2 is 1.39 bits per heavy atom. The average molecular weight is 466 g/mol. The molecule has 0 aromatic carbocycles. The maximum atomic E-state index is 12.0. The minimum atomic E-state index is -1.06. The van der Waals surface area contributed by atoms with E-state index >= 15 is 0 Å². The average Bonchev–Trinajstić information content (AvgIpc) is 2.77. The summed E-state index contributed by atoms with van der Waals surface area (Å²) in [5, 5.41) is 14.2. The Bertz CT molecular complexity index is 576. The second kappa shape index (κ2) is 22.9. The number of hydrogen-bond acceptors (Lipinski definition) is 3. The van der Waals surface area contributed by atoms with Gasteiger partial charge in [-0.3, -0.25) is 4.79 Å². The molecule has 0 spiro atoms. The van der Waals surface area contributed by atoms with E-state index in [-0.39, 0.29) is 12.3 Å². The zero-order valence-corrected chi connectivity index (χ0v) is 20.7. The predicted molar refractivity (Wildman–Crippen MR) is 135 cm³/mol. The van der Waals surface area contributed by atoms with Gasteiger partial charge in [-0.2, -0.15) is 0 Å². The van der Waals surface area contributed by atoms with Gasteiger partial charge in [-0.05, 0) is 51.4 Å². The second-order valence-electron chi connectivity index (χ2n) is 8.58. The number of unbranched alkanes of at least 4 members (excludes halogenated alkanes) is 10. The number of nitrogens with two attached hydrogens (primary N) is 1. The molecule has 190 valence electrons. The molecule has 0 aromatic heterocycles. The highest BCUT2D eigenvalue weighted by Gasteiger charge is 2.19. The van der Waals surface area contributed by atoms with Gasteiger partial charge in [-0.1, -0.05) is 76.2 Å². The number of carbonyl (C=O) groups is 3. The number of primary amides is 1. The van der Waals surface area contributed by atoms with Crippen molar-refractivity contribution in [3.05, 3.63) is 24.3 Å². The summed E-state index contributed by atoms with van der Waals surface area (Å²) in [5.41, 5.74) is 4.96. The summed E-state index contributed by atoms with van der Waals surface area (Å²) in [4.78, 5) is 33.9. The van der Waals surface area contributed by atoms with Crippen molar-refractivity contribution in [1.29, 1.82) is 0 Å². The van der Waals surface area contributed by atoms with E-state index in [0.29, 0.717) is 19.4 Å². The van der Waals surface area contributed by atoms with Gasteiger partial charge >= 0.3 is 12.0 Å². The van der Waals surface area contributed by atoms with Crippen molar-refractivity contribution in [3.63, 3.8) is 0 Å². The van der Waals surface area contributed by atoms with Crippen molar-refractivity contribution in [2.75, 3.05) is 6.54 Å². The molecule has 0 aliphatic heterocycles. The summed E-state index contributed by atoms with van der Waals surface area (Å²) in [5.74, 6) is -1.29. The lowest BCUT2D eigenvalue weighted by molar-refractivity contribution is -0.142. The summed E-state index contributed by atoms with van der Waals surface area (Å²) < 4.78 is 0. The topological polar surface area (TPSA) is 122 Å². The maximum Gasteiger partial charge on any atom is 0.326 e. The van der Waals surface area contributed by atoms with E-state index in [1.165, 1.54) is 51.4 Å². The molecule has 0 aliphatic carbocycles. The van der Waals surface area contributed by atoms with Crippen LogP contribution >= 0.6 is 0 Å². The summed E-state index contributed by atoms with van der Waals surface area (Å²) in [6.45, 7) is 2.52. The van der Waals surface area contributed by atoms with E-state index in [1.807, 2.05) is 0 Å². The van der Waals surface area contributed by atoms with Gasteiger partial charge < -0.3 is 21.5 Å². The van der Waals surface area contributed by atoms with Gasteiger partial charge in [0, 0.05) is 13.0 Å². The Labute approximate surface area is 200 Å². The van der Waals surface area contributed by atoms with Crippen LogP contribution in [0, 0.1) is 0 Å². The van der Waals surface area contributed by atoms with Gasteiger partial charge in [0.2, 0.25) is 5.91 Å². The van der Waals surface area contributed by atoms with E-state index in [9.17, 15) is 19.5 Å². The highest BCUT2D eigenvalue weighted by molar-refractivity contribution is 5.83. The quantitative estimate of drug-likeness (QED) is 0.123. The number of hydrogen-bond donors (Lipinski definition) is 4. The van der Waals surface area contributed by atoms with Crippen molar-refractivity contribution in [2.45, 2.75) is 116 Å². The number of urea groups is 1. The third-order valence-corrected chi connectivity index (χ3v) is 5.46. The van der Waals surface area contributed by atoms with Crippen LogP contribution in [0.25, 0.3) is 0 Å². The molecule has 3 amide bonds. The van der Waals surface area contributed by atoms with Crippen molar-refractivity contribution < 1.29 is 19.5 Å². The minimum Gasteiger partial charge on any atom is -0.480 e. The third-order valence-electron chi connectivity index (χ3n) is 5.46. The third kappa shape index (κ3) is 22.7. The SMILES string of the molecule is CCCCC/C=C\C/C=C\CCCCCCCCCC(=O)N[C@@H](CCCNC(N)=O)C(=O)O. The molecular weight excluding hydrogens is 418 g/mol. The first kappa shape index (κ1) is 30.7. The van der Waals surface area contributed by atoms with E-state index in [4.69, 9.17) is 5.73 Å². The standard InChI is InChI=1S/C26H47N3O4/c1-2-3-4-5-6-7-8-9-10-11-12-13-14-15-16-17-18-21-24(30)29-23(25(31)32)20-19-22-28-26(27)33/h6-7,9-10,23H,2-5,8,11-22H2,1H3,(H,29,30)(H,31,32)(H3,27,28,33)/b7-6-,10-9-/t23-/m0/s1. The largest absolute Gasteiger partial charge is 0.480 e. The Morgan fingerprint density at radius 3 is 1.97 bits per heavy atom. The van der Waals surface area contributed by atoms with Gasteiger partial charge in [0.25, 0.3) is 0 Å². The molecule has 0 fully saturated rings. The minimum absolute atomic E-state index is 0.229. The zero-order valence-electron chi connectivity index (χ0n) is 20.7. The molecule has 0 unspecified atom stereocenters. The van der Waals surface area contributed by atoms with E-state index < -0.39 is 18.0 Å². The van der Waals surface area contributed by atoms with Crippen molar-refractivity contribution in [1.82, 2.24) is 10.6 Å². The molecule has 0 bridgehead atoms. The molecule has 0 saturated heterocycles. The second-order valence-corrected chi connectivity index (χ2v) is 8.58. The van der Waals surface area contributed by atoms with Gasteiger partial charge in [-0.25, -0.2) is 9.59 Å². The van der Waals surface area contributed by atoms with Crippen LogP contribution in [0.3, 0.4) is 0 Å². The number of carboxylic acid groups (broad SMARTS) is 1. The van der Waals surface area contributed by atoms with Crippen LogP contribution in [-0.2, 0) is 9.59 Å². The van der Waals surface area contributed by atoms with Crippen molar-refractivity contribution in [2.24, 2.45) is 5.73 Å². The molecule has 0 rings (SSSR count). The van der Waals surface area contributed by atoms with Crippen LogP contribution < -0.4 is 16.4 Å². The molecule has 7 heteroatoms. The fourth-order valence-electron chi connectivity index (χ4n) is 3.49. The number of carbonyl (C=O) groups excluding carboxylic acids is 2. The highest BCUT2D eigenvalue weighted by Crippen LogP contribution is 2.10. The lowest BCUT2D eigenvalue weighted by atomic mass is 10.1. The number of nitrogens with one attached hydrogen (secondary N) is 2. The first-order chi connectivity index (χ1) is 16.0. The molecule has 7 nitrogen and oxygen atoms in total. The van der Waals surface area contributed by atoms with Gasteiger partial charge in [-0.15, -0.1) is 0 Å². The first-order valence-corrected chi connectivity index (χ1v) is 12.8. The Kier molecular flexibility index (Phi) is 21.3. The summed E-state index contributed by atoms with van der Waals surface area (Å²) in [6, 6.07) is -1.57. The summed E-state index contributed by atoms with van der Waals surface area (Å²) in [7, 11) is 0. The number of rotatable bonds is 22. The maximum absolute atomic E-state index is 12.0. The number of carboxylic acids is 1. The first-order valence-electron chi connectivity index (χ1n) is 12.8. The van der Waals surface area contributed by atoms with E-state index in [0.717, 1.165) is 32.1 Å². The normalized spacial score (nSPS) is 12.3. The highest BCUT2D eigenvalue weighted by atomic mass is 16.4. The van der Waals surface area contributed by atoms with Crippen LogP contribution in [0.2, 0.25) is 0 Å². The molecule has 33 heavy (non-hydrogen) atoms. The van der Waals surface area contributed by atoms with Gasteiger partial charge in [0.05, 0.1) is 0 Å². The Balaban J connectivity index is 3.58. The smallest absolute Gasteiger partial charge is 0.326 e. The Hall–Kier alpha value is -2.31. The Morgan fingerprint density at radius 1 is 0.818 bits per heavy atom. The fourth-order valence-corrected chi connectivity index (χ4v) is 3.49. The summed E-state index contributed by atoms with van der Waals surface area (Å²) >= 11 is 0. The molecule has 0 aromatic rings. The lowest BCUT2D eigenvalue weighted by Gasteiger charge is -2.14. The van der Waals surface area contributed by atoms with Crippen molar-refractivity contribution >= 4 is 17.9 Å². The van der Waals surface area contributed by atoms with Crippen molar-refractivity contribution in [3.8, 4) is 0 Å². The van der Waals surface area contributed by atoms with Crippen LogP contribution in [0.15, 0.2) is 24.3 Å². The van der Waals surface area contributed by atoms with Gasteiger partial charge in [0.15, 0.2) is 0 Å². The predicted octanol–water partition coefficient (Wildman–Crippen LogP) is 5.60.